The molecule has 18 heavy (non-hydrogen) atoms. The van der Waals surface area contributed by atoms with E-state index in [0.29, 0.717) is 12.2 Å². The van der Waals surface area contributed by atoms with Crippen LogP contribution in [-0.2, 0) is 10.0 Å². The highest BCUT2D eigenvalue weighted by molar-refractivity contribution is 7.89. The first kappa shape index (κ1) is 13.4. The molecule has 0 spiro atoms. The summed E-state index contributed by atoms with van der Waals surface area (Å²) in [7, 11) is -3.57. The Balaban J connectivity index is 2.42. The van der Waals surface area contributed by atoms with Crippen LogP contribution < -0.4 is 5.73 Å². The highest BCUT2D eigenvalue weighted by Gasteiger charge is 2.38. The molecule has 0 saturated heterocycles. The third kappa shape index (κ3) is 2.53. The lowest BCUT2D eigenvalue weighted by molar-refractivity contribution is 0.436. The molecule has 1 saturated carbocycles. The third-order valence-electron chi connectivity index (χ3n) is 2.81. The van der Waals surface area contributed by atoms with Crippen LogP contribution in [0.3, 0.4) is 0 Å². The van der Waals surface area contributed by atoms with Gasteiger partial charge in [0.05, 0.1) is 5.02 Å². The number of hydrogen-bond acceptors (Lipinski definition) is 3. The maximum absolute atomic E-state index is 12.5. The molecule has 1 aliphatic carbocycles. The van der Waals surface area contributed by atoms with Crippen molar-refractivity contribution in [2.75, 3.05) is 12.3 Å². The Kier molecular flexibility index (Phi) is 3.66. The second-order valence-corrected chi connectivity index (χ2v) is 6.55. The van der Waals surface area contributed by atoms with Gasteiger partial charge in [0, 0.05) is 18.3 Å². The van der Waals surface area contributed by atoms with E-state index in [1.54, 1.807) is 6.08 Å². The van der Waals surface area contributed by atoms with Crippen LogP contribution in [0.5, 0.6) is 0 Å². The van der Waals surface area contributed by atoms with Crippen LogP contribution in [0.1, 0.15) is 12.8 Å². The lowest BCUT2D eigenvalue weighted by atomic mass is 10.3. The number of benzene rings is 1. The van der Waals surface area contributed by atoms with E-state index < -0.39 is 10.0 Å². The van der Waals surface area contributed by atoms with E-state index in [-0.39, 0.29) is 16.0 Å². The largest absolute Gasteiger partial charge is 0.399 e. The zero-order chi connectivity index (χ0) is 13.3. The van der Waals surface area contributed by atoms with Gasteiger partial charge in [-0.2, -0.15) is 4.31 Å². The average Bonchev–Trinajstić information content (AvgIpc) is 3.08. The van der Waals surface area contributed by atoms with E-state index in [1.165, 1.54) is 22.5 Å². The fraction of sp³-hybridized carbons (Fsp3) is 0.333. The Morgan fingerprint density at radius 2 is 2.17 bits per heavy atom. The molecule has 2 N–H and O–H groups in total. The topological polar surface area (TPSA) is 63.4 Å². The van der Waals surface area contributed by atoms with Gasteiger partial charge >= 0.3 is 0 Å². The maximum Gasteiger partial charge on any atom is 0.245 e. The van der Waals surface area contributed by atoms with Crippen LogP contribution >= 0.6 is 11.6 Å². The Morgan fingerprint density at radius 1 is 1.50 bits per heavy atom. The molecule has 0 atom stereocenters. The molecule has 0 aromatic heterocycles. The standard InChI is InChI=1S/C12H15ClN2O2S/c1-2-7-15(10-4-5-10)18(16,17)12-6-3-9(14)8-11(12)13/h2-3,6,8,10H,1,4-5,7,14H2. The molecule has 2 rings (SSSR count). The van der Waals surface area contributed by atoms with Gasteiger partial charge in [-0.3, -0.25) is 0 Å². The molecule has 0 bridgehead atoms. The number of sulfonamides is 1. The number of hydrogen-bond donors (Lipinski definition) is 1. The second kappa shape index (κ2) is 4.91. The summed E-state index contributed by atoms with van der Waals surface area (Å²) in [6.07, 6.45) is 3.36. The van der Waals surface area contributed by atoms with Crippen molar-refractivity contribution in [1.29, 1.82) is 0 Å². The van der Waals surface area contributed by atoms with Crippen molar-refractivity contribution in [3.05, 3.63) is 35.9 Å². The van der Waals surface area contributed by atoms with Crippen molar-refractivity contribution >= 4 is 27.3 Å². The Hall–Kier alpha value is -1.04. The van der Waals surface area contributed by atoms with Crippen LogP contribution in [0.2, 0.25) is 5.02 Å². The lowest BCUT2D eigenvalue weighted by Crippen LogP contribution is -2.33. The molecule has 0 heterocycles. The number of nitrogen functional groups attached to an aromatic ring is 1. The first-order valence-corrected chi connectivity index (χ1v) is 7.46. The molecular weight excluding hydrogens is 272 g/mol. The molecule has 0 amide bonds. The Bertz CT molecular complexity index is 567. The molecule has 6 heteroatoms. The predicted molar refractivity (Wildman–Crippen MR) is 73.0 cm³/mol. The monoisotopic (exact) mass is 286 g/mol. The van der Waals surface area contributed by atoms with E-state index in [1.807, 2.05) is 0 Å². The van der Waals surface area contributed by atoms with E-state index in [0.717, 1.165) is 12.8 Å². The first-order chi connectivity index (χ1) is 8.46. The van der Waals surface area contributed by atoms with Crippen molar-refractivity contribution in [2.24, 2.45) is 0 Å². The number of anilines is 1. The zero-order valence-corrected chi connectivity index (χ0v) is 11.4. The van der Waals surface area contributed by atoms with Gasteiger partial charge in [0.15, 0.2) is 0 Å². The molecule has 1 fully saturated rings. The summed E-state index contributed by atoms with van der Waals surface area (Å²) >= 11 is 5.97. The Labute approximate surface area is 112 Å². The molecule has 1 aliphatic rings. The minimum atomic E-state index is -3.57. The van der Waals surface area contributed by atoms with Gasteiger partial charge in [0.1, 0.15) is 4.90 Å². The van der Waals surface area contributed by atoms with Gasteiger partial charge in [-0.25, -0.2) is 8.42 Å². The minimum Gasteiger partial charge on any atom is -0.399 e. The summed E-state index contributed by atoms with van der Waals surface area (Å²) in [5.41, 5.74) is 6.01. The van der Waals surface area contributed by atoms with E-state index in [9.17, 15) is 8.42 Å². The SMILES string of the molecule is C=CCN(C1CC1)S(=O)(=O)c1ccc(N)cc1Cl. The summed E-state index contributed by atoms with van der Waals surface area (Å²) < 4.78 is 26.4. The van der Waals surface area contributed by atoms with Gasteiger partial charge in [-0.1, -0.05) is 17.7 Å². The molecule has 0 radical (unpaired) electrons. The summed E-state index contributed by atoms with van der Waals surface area (Å²) in [4.78, 5) is 0.104. The van der Waals surface area contributed by atoms with E-state index in [2.05, 4.69) is 6.58 Å². The normalized spacial score (nSPS) is 15.9. The summed E-state index contributed by atoms with van der Waals surface area (Å²) in [5.74, 6) is 0. The van der Waals surface area contributed by atoms with Crippen molar-refractivity contribution < 1.29 is 8.42 Å². The van der Waals surface area contributed by atoms with E-state index in [4.69, 9.17) is 17.3 Å². The number of nitrogens with two attached hydrogens (primary N) is 1. The summed E-state index contributed by atoms with van der Waals surface area (Å²) in [5, 5.41) is 0.157. The molecule has 4 nitrogen and oxygen atoms in total. The van der Waals surface area contributed by atoms with Gasteiger partial charge < -0.3 is 5.73 Å². The van der Waals surface area contributed by atoms with Crippen LogP contribution in [0.15, 0.2) is 35.7 Å². The highest BCUT2D eigenvalue weighted by Crippen LogP contribution is 2.34. The molecule has 0 aliphatic heterocycles. The molecule has 98 valence electrons. The minimum absolute atomic E-state index is 0.0709. The summed E-state index contributed by atoms with van der Waals surface area (Å²) in [6, 6.07) is 4.51. The number of nitrogens with zero attached hydrogens (tertiary/aromatic N) is 1. The lowest BCUT2D eigenvalue weighted by Gasteiger charge is -2.20. The molecular formula is C12H15ClN2O2S. The highest BCUT2D eigenvalue weighted by atomic mass is 35.5. The van der Waals surface area contributed by atoms with Gasteiger partial charge in [0.25, 0.3) is 0 Å². The summed E-state index contributed by atoms with van der Waals surface area (Å²) in [6.45, 7) is 3.89. The smallest absolute Gasteiger partial charge is 0.245 e. The third-order valence-corrected chi connectivity index (χ3v) is 5.21. The van der Waals surface area contributed by atoms with Crippen LogP contribution in [-0.4, -0.2) is 25.3 Å². The van der Waals surface area contributed by atoms with Gasteiger partial charge in [-0.15, -0.1) is 6.58 Å². The Morgan fingerprint density at radius 3 is 2.67 bits per heavy atom. The fourth-order valence-corrected chi connectivity index (χ4v) is 3.97. The fourth-order valence-electron chi connectivity index (χ4n) is 1.79. The second-order valence-electron chi connectivity index (χ2n) is 4.28. The van der Waals surface area contributed by atoms with Crippen LogP contribution in [0.25, 0.3) is 0 Å². The molecule has 1 aromatic rings. The first-order valence-electron chi connectivity index (χ1n) is 5.64. The maximum atomic E-state index is 12.5. The van der Waals surface area contributed by atoms with Crippen molar-refractivity contribution in [3.63, 3.8) is 0 Å². The zero-order valence-electron chi connectivity index (χ0n) is 9.84. The van der Waals surface area contributed by atoms with Crippen molar-refractivity contribution in [3.8, 4) is 0 Å². The van der Waals surface area contributed by atoms with Gasteiger partial charge in [0.2, 0.25) is 10.0 Å². The average molecular weight is 287 g/mol. The van der Waals surface area contributed by atoms with Crippen molar-refractivity contribution in [2.45, 2.75) is 23.8 Å². The van der Waals surface area contributed by atoms with Crippen LogP contribution in [0, 0.1) is 0 Å². The van der Waals surface area contributed by atoms with E-state index >= 15 is 0 Å². The quantitative estimate of drug-likeness (QED) is 0.667. The number of rotatable bonds is 5. The molecule has 1 aromatic carbocycles. The van der Waals surface area contributed by atoms with Crippen molar-refractivity contribution in [1.82, 2.24) is 4.31 Å². The van der Waals surface area contributed by atoms with Crippen LogP contribution in [0.4, 0.5) is 5.69 Å². The number of halogens is 1. The predicted octanol–water partition coefficient (Wildman–Crippen LogP) is 2.26. The molecule has 0 unspecified atom stereocenters. The van der Waals surface area contributed by atoms with Gasteiger partial charge in [-0.05, 0) is 31.0 Å².